The SMILES string of the molecule is CCc1nc(-c2cc(Br)ccc2OC)nc(NN)c1C. The Balaban J connectivity index is 2.66. The van der Waals surface area contributed by atoms with Gasteiger partial charge in [0.1, 0.15) is 11.6 Å². The van der Waals surface area contributed by atoms with Crippen molar-refractivity contribution < 1.29 is 4.74 Å². The average molecular weight is 337 g/mol. The third kappa shape index (κ3) is 2.76. The van der Waals surface area contributed by atoms with Gasteiger partial charge in [0, 0.05) is 15.7 Å². The number of aromatic nitrogens is 2. The van der Waals surface area contributed by atoms with E-state index in [1.807, 2.05) is 25.1 Å². The van der Waals surface area contributed by atoms with Crippen LogP contribution in [0.5, 0.6) is 5.75 Å². The van der Waals surface area contributed by atoms with Crippen LogP contribution >= 0.6 is 15.9 Å². The molecule has 2 aromatic rings. The molecule has 0 bridgehead atoms. The Morgan fingerprint density at radius 2 is 2.10 bits per heavy atom. The molecule has 0 aliphatic rings. The maximum Gasteiger partial charge on any atom is 0.165 e. The molecule has 0 amide bonds. The second kappa shape index (κ2) is 6.19. The molecule has 20 heavy (non-hydrogen) atoms. The molecule has 1 aromatic carbocycles. The lowest BCUT2D eigenvalue weighted by molar-refractivity contribution is 0.416. The minimum atomic E-state index is 0.596. The standard InChI is InChI=1S/C14H17BrN4O/c1-4-11-8(2)13(19-16)18-14(17-11)10-7-9(15)5-6-12(10)20-3/h5-7H,4,16H2,1-3H3,(H,17,18,19). The van der Waals surface area contributed by atoms with E-state index in [1.54, 1.807) is 7.11 Å². The number of ether oxygens (including phenoxy) is 1. The molecule has 0 fully saturated rings. The van der Waals surface area contributed by atoms with Gasteiger partial charge in [-0.1, -0.05) is 22.9 Å². The van der Waals surface area contributed by atoms with E-state index in [4.69, 9.17) is 10.6 Å². The summed E-state index contributed by atoms with van der Waals surface area (Å²) in [4.78, 5) is 9.08. The Labute approximate surface area is 126 Å². The van der Waals surface area contributed by atoms with Crippen molar-refractivity contribution in [2.45, 2.75) is 20.3 Å². The first-order chi connectivity index (χ1) is 9.60. The lowest BCUT2D eigenvalue weighted by Gasteiger charge is -2.13. The molecule has 0 aliphatic carbocycles. The number of hydrogen-bond donors (Lipinski definition) is 2. The second-order valence-electron chi connectivity index (χ2n) is 4.31. The molecule has 0 aliphatic heterocycles. The smallest absolute Gasteiger partial charge is 0.165 e. The molecule has 106 valence electrons. The van der Waals surface area contributed by atoms with Gasteiger partial charge in [-0.3, -0.25) is 0 Å². The number of halogens is 1. The van der Waals surface area contributed by atoms with E-state index in [-0.39, 0.29) is 0 Å². The zero-order valence-electron chi connectivity index (χ0n) is 11.7. The van der Waals surface area contributed by atoms with Gasteiger partial charge in [0.25, 0.3) is 0 Å². The molecule has 1 aromatic heterocycles. The minimum Gasteiger partial charge on any atom is -0.496 e. The predicted octanol–water partition coefficient (Wildman–Crippen LogP) is 3.07. The summed E-state index contributed by atoms with van der Waals surface area (Å²) >= 11 is 3.46. The number of methoxy groups -OCH3 is 1. The van der Waals surface area contributed by atoms with Crippen molar-refractivity contribution in [2.75, 3.05) is 12.5 Å². The molecule has 0 atom stereocenters. The van der Waals surface area contributed by atoms with Gasteiger partial charge in [0.2, 0.25) is 0 Å². The van der Waals surface area contributed by atoms with E-state index in [9.17, 15) is 0 Å². The van der Waals surface area contributed by atoms with Crippen LogP contribution in [-0.2, 0) is 6.42 Å². The summed E-state index contributed by atoms with van der Waals surface area (Å²) in [5, 5.41) is 0. The summed E-state index contributed by atoms with van der Waals surface area (Å²) < 4.78 is 6.32. The number of anilines is 1. The lowest BCUT2D eigenvalue weighted by Crippen LogP contribution is -2.13. The summed E-state index contributed by atoms with van der Waals surface area (Å²) in [6, 6.07) is 5.73. The van der Waals surface area contributed by atoms with Gasteiger partial charge in [-0.2, -0.15) is 0 Å². The summed E-state index contributed by atoms with van der Waals surface area (Å²) in [7, 11) is 1.63. The van der Waals surface area contributed by atoms with E-state index in [0.29, 0.717) is 11.6 Å². The molecular formula is C14H17BrN4O. The fraction of sp³-hybridized carbons (Fsp3) is 0.286. The summed E-state index contributed by atoms with van der Waals surface area (Å²) in [5.74, 6) is 7.49. The van der Waals surface area contributed by atoms with Crippen LogP contribution in [0.15, 0.2) is 22.7 Å². The van der Waals surface area contributed by atoms with E-state index in [1.165, 1.54) is 0 Å². The molecule has 0 saturated heterocycles. The van der Waals surface area contributed by atoms with Gasteiger partial charge in [-0.05, 0) is 31.5 Å². The average Bonchev–Trinajstić information content (AvgIpc) is 2.47. The van der Waals surface area contributed by atoms with Crippen molar-refractivity contribution in [3.63, 3.8) is 0 Å². The maximum atomic E-state index is 5.54. The molecule has 0 saturated carbocycles. The van der Waals surface area contributed by atoms with Crippen LogP contribution in [0.3, 0.4) is 0 Å². The number of benzene rings is 1. The number of nitrogens with one attached hydrogen (secondary N) is 1. The van der Waals surface area contributed by atoms with Gasteiger partial charge in [-0.15, -0.1) is 0 Å². The molecule has 2 rings (SSSR count). The molecule has 1 heterocycles. The fourth-order valence-electron chi connectivity index (χ4n) is 2.02. The number of nitrogens with two attached hydrogens (primary N) is 1. The number of hydrogen-bond acceptors (Lipinski definition) is 5. The van der Waals surface area contributed by atoms with Crippen molar-refractivity contribution in [1.29, 1.82) is 0 Å². The van der Waals surface area contributed by atoms with E-state index in [0.717, 1.165) is 33.5 Å². The van der Waals surface area contributed by atoms with E-state index >= 15 is 0 Å². The quantitative estimate of drug-likeness (QED) is 0.663. The van der Waals surface area contributed by atoms with Crippen LogP contribution in [-0.4, -0.2) is 17.1 Å². The molecule has 5 nitrogen and oxygen atoms in total. The summed E-state index contributed by atoms with van der Waals surface area (Å²) in [5.41, 5.74) is 5.38. The third-order valence-corrected chi connectivity index (χ3v) is 3.61. The van der Waals surface area contributed by atoms with Crippen LogP contribution < -0.4 is 16.0 Å². The first kappa shape index (κ1) is 14.7. The molecule has 0 spiro atoms. The van der Waals surface area contributed by atoms with Gasteiger partial charge in [-0.25, -0.2) is 15.8 Å². The lowest BCUT2D eigenvalue weighted by atomic mass is 10.1. The van der Waals surface area contributed by atoms with Crippen LogP contribution in [0, 0.1) is 6.92 Å². The first-order valence-electron chi connectivity index (χ1n) is 6.28. The van der Waals surface area contributed by atoms with Crippen LogP contribution in [0.4, 0.5) is 5.82 Å². The number of rotatable bonds is 4. The normalized spacial score (nSPS) is 10.4. The van der Waals surface area contributed by atoms with Crippen molar-refractivity contribution in [3.05, 3.63) is 33.9 Å². The second-order valence-corrected chi connectivity index (χ2v) is 5.23. The highest BCUT2D eigenvalue weighted by Crippen LogP contribution is 2.32. The summed E-state index contributed by atoms with van der Waals surface area (Å²) in [6.45, 7) is 4.01. The maximum absolute atomic E-state index is 5.54. The molecule has 0 radical (unpaired) electrons. The van der Waals surface area contributed by atoms with Crippen molar-refractivity contribution in [2.24, 2.45) is 5.84 Å². The van der Waals surface area contributed by atoms with Gasteiger partial charge < -0.3 is 10.2 Å². The zero-order valence-corrected chi connectivity index (χ0v) is 13.3. The predicted molar refractivity (Wildman–Crippen MR) is 83.6 cm³/mol. The van der Waals surface area contributed by atoms with Gasteiger partial charge in [0.05, 0.1) is 12.7 Å². The molecular weight excluding hydrogens is 320 g/mol. The van der Waals surface area contributed by atoms with Crippen LogP contribution in [0.25, 0.3) is 11.4 Å². The number of aryl methyl sites for hydroxylation is 1. The molecule has 6 heteroatoms. The zero-order chi connectivity index (χ0) is 14.7. The van der Waals surface area contributed by atoms with Crippen molar-refractivity contribution >= 4 is 21.7 Å². The molecule has 0 unspecified atom stereocenters. The Kier molecular flexibility index (Phi) is 4.57. The third-order valence-electron chi connectivity index (χ3n) is 3.12. The van der Waals surface area contributed by atoms with Crippen LogP contribution in [0.2, 0.25) is 0 Å². The Morgan fingerprint density at radius 1 is 1.35 bits per heavy atom. The largest absolute Gasteiger partial charge is 0.496 e. The Hall–Kier alpha value is -1.66. The summed E-state index contributed by atoms with van der Waals surface area (Å²) in [6.07, 6.45) is 0.812. The van der Waals surface area contributed by atoms with Crippen molar-refractivity contribution in [1.82, 2.24) is 9.97 Å². The Morgan fingerprint density at radius 3 is 2.70 bits per heavy atom. The fourth-order valence-corrected chi connectivity index (χ4v) is 2.38. The monoisotopic (exact) mass is 336 g/mol. The highest BCUT2D eigenvalue weighted by atomic mass is 79.9. The molecule has 3 N–H and O–H groups in total. The van der Waals surface area contributed by atoms with Gasteiger partial charge in [0.15, 0.2) is 5.82 Å². The van der Waals surface area contributed by atoms with E-state index in [2.05, 4.69) is 38.2 Å². The topological polar surface area (TPSA) is 73.1 Å². The highest BCUT2D eigenvalue weighted by Gasteiger charge is 2.14. The highest BCUT2D eigenvalue weighted by molar-refractivity contribution is 9.10. The van der Waals surface area contributed by atoms with Crippen molar-refractivity contribution in [3.8, 4) is 17.1 Å². The number of nitrogen functional groups attached to an aromatic ring is 1. The van der Waals surface area contributed by atoms with E-state index < -0.39 is 0 Å². The first-order valence-corrected chi connectivity index (χ1v) is 7.08. The van der Waals surface area contributed by atoms with Gasteiger partial charge >= 0.3 is 0 Å². The van der Waals surface area contributed by atoms with Crippen LogP contribution in [0.1, 0.15) is 18.2 Å². The Bertz CT molecular complexity index is 606. The number of hydrazine groups is 1. The number of nitrogens with zero attached hydrogens (tertiary/aromatic N) is 2. The minimum absolute atomic E-state index is 0.596.